The number of amides is 3. The minimum absolute atomic E-state index is 0.0217. The summed E-state index contributed by atoms with van der Waals surface area (Å²) in [4.78, 5) is 63.0. The number of rotatable bonds is 16. The Bertz CT molecular complexity index is 1420. The van der Waals surface area contributed by atoms with Crippen molar-refractivity contribution in [1.82, 2.24) is 26.3 Å². The topological polar surface area (TPSA) is 197 Å². The zero-order valence-corrected chi connectivity index (χ0v) is 33.9. The molecule has 0 aliphatic carbocycles. The van der Waals surface area contributed by atoms with Gasteiger partial charge >= 0.3 is 5.97 Å². The van der Waals surface area contributed by atoms with Gasteiger partial charge in [0.2, 0.25) is 17.7 Å². The smallest absolute Gasteiger partial charge is 0.308 e. The van der Waals surface area contributed by atoms with Gasteiger partial charge in [-0.15, -0.1) is 11.3 Å². The molecule has 0 radical (unpaired) electrons. The summed E-state index contributed by atoms with van der Waals surface area (Å²) < 4.78 is 4.88. The Morgan fingerprint density at radius 3 is 1.96 bits per heavy atom. The summed E-state index contributed by atoms with van der Waals surface area (Å²) >= 11 is 1.29. The van der Waals surface area contributed by atoms with Crippen molar-refractivity contribution in [3.63, 3.8) is 0 Å². The Morgan fingerprint density at radius 2 is 1.48 bits per heavy atom. The van der Waals surface area contributed by atoms with Gasteiger partial charge in [0.05, 0.1) is 44.8 Å². The second-order valence-electron chi connectivity index (χ2n) is 14.9. The molecule has 0 saturated carbocycles. The summed E-state index contributed by atoms with van der Waals surface area (Å²) in [6.07, 6.45) is 1.44. The van der Waals surface area contributed by atoms with Crippen molar-refractivity contribution in [2.24, 2.45) is 27.5 Å². The van der Waals surface area contributed by atoms with Crippen LogP contribution in [0.15, 0.2) is 46.9 Å². The first-order valence-corrected chi connectivity index (χ1v) is 18.8. The third kappa shape index (κ3) is 14.3. The molecular formula is C38H63N7O6S. The highest BCUT2D eigenvalue weighted by atomic mass is 32.1. The van der Waals surface area contributed by atoms with Gasteiger partial charge in [-0.3, -0.25) is 24.2 Å². The molecule has 0 spiro atoms. The van der Waals surface area contributed by atoms with Gasteiger partial charge in [0.25, 0.3) is 0 Å². The van der Waals surface area contributed by atoms with Crippen molar-refractivity contribution >= 4 is 40.9 Å². The highest BCUT2D eigenvalue weighted by Crippen LogP contribution is 2.27. The fourth-order valence-electron chi connectivity index (χ4n) is 5.17. The molecule has 0 aliphatic rings. The normalized spacial score (nSPS) is 15.5. The zero-order valence-electron chi connectivity index (χ0n) is 33.1. The zero-order chi connectivity index (χ0) is 39.8. The Balaban J connectivity index is 0.00000664. The maximum absolute atomic E-state index is 14.4. The number of hydrogen-bond donors (Lipinski definition) is 6. The van der Waals surface area contributed by atoms with Crippen LogP contribution in [0.4, 0.5) is 0 Å². The Hall–Kier alpha value is -3.88. The highest BCUT2D eigenvalue weighted by molar-refractivity contribution is 7.09. The van der Waals surface area contributed by atoms with E-state index in [-0.39, 0.29) is 31.4 Å². The SMILES string of the molecule is CC.COC(=O)C[C@@H](NC(=O)[C@@H](NC(=O)C(NC(=NCCO)C(NC(=O)C(N)C(C)C)C(C)(C)C)C(C)(C)C)C(C)c1ccccc1)c1nccs1. The van der Waals surface area contributed by atoms with Crippen LogP contribution in [0.25, 0.3) is 0 Å². The van der Waals surface area contributed by atoms with E-state index in [9.17, 15) is 24.3 Å². The number of ether oxygens (including phenoxy) is 1. The van der Waals surface area contributed by atoms with Gasteiger partial charge in [-0.1, -0.05) is 106 Å². The minimum atomic E-state index is -1.07. The Kier molecular flexibility index (Phi) is 19.2. The van der Waals surface area contributed by atoms with E-state index in [2.05, 4.69) is 31.2 Å². The quantitative estimate of drug-likeness (QED) is 0.0833. The second kappa shape index (κ2) is 21.6. The number of nitrogens with one attached hydrogen (secondary N) is 4. The molecule has 14 heteroatoms. The lowest BCUT2D eigenvalue weighted by Crippen LogP contribution is -2.63. The lowest BCUT2D eigenvalue weighted by Gasteiger charge is -2.39. The fourth-order valence-corrected chi connectivity index (χ4v) is 5.86. The van der Waals surface area contributed by atoms with Gasteiger partial charge in [-0.05, 0) is 22.3 Å². The molecule has 0 saturated heterocycles. The molecule has 13 nitrogen and oxygen atoms in total. The Labute approximate surface area is 314 Å². The molecule has 1 aromatic carbocycles. The van der Waals surface area contributed by atoms with E-state index in [0.29, 0.717) is 10.8 Å². The third-order valence-corrected chi connectivity index (χ3v) is 9.21. The van der Waals surface area contributed by atoms with E-state index in [1.807, 2.05) is 106 Å². The van der Waals surface area contributed by atoms with E-state index in [0.717, 1.165) is 5.56 Å². The summed E-state index contributed by atoms with van der Waals surface area (Å²) in [5, 5.41) is 24.2. The van der Waals surface area contributed by atoms with Crippen LogP contribution in [-0.4, -0.2) is 84.0 Å². The van der Waals surface area contributed by atoms with E-state index >= 15 is 0 Å². The van der Waals surface area contributed by atoms with Crippen LogP contribution in [0.3, 0.4) is 0 Å². The van der Waals surface area contributed by atoms with Crippen molar-refractivity contribution in [1.29, 1.82) is 0 Å². The summed E-state index contributed by atoms with van der Waals surface area (Å²) in [5.74, 6) is -2.21. The molecule has 1 heterocycles. The van der Waals surface area contributed by atoms with Crippen molar-refractivity contribution in [3.05, 3.63) is 52.5 Å². The minimum Gasteiger partial charge on any atom is -0.469 e. The van der Waals surface area contributed by atoms with Crippen LogP contribution in [0.2, 0.25) is 0 Å². The lowest BCUT2D eigenvalue weighted by atomic mass is 9.82. The number of carbonyl (C=O) groups excluding carboxylic acids is 4. The van der Waals surface area contributed by atoms with Gasteiger partial charge in [0, 0.05) is 17.5 Å². The van der Waals surface area contributed by atoms with Crippen LogP contribution < -0.4 is 27.0 Å². The van der Waals surface area contributed by atoms with Crippen molar-refractivity contribution in [2.75, 3.05) is 20.3 Å². The maximum atomic E-state index is 14.4. The molecule has 1 aromatic heterocycles. The highest BCUT2D eigenvalue weighted by Gasteiger charge is 2.40. The first-order valence-electron chi connectivity index (χ1n) is 17.9. The number of esters is 1. The number of nitrogens with two attached hydrogens (primary N) is 1. The number of benzene rings is 1. The predicted octanol–water partition coefficient (Wildman–Crippen LogP) is 4.09. The third-order valence-electron chi connectivity index (χ3n) is 8.32. The molecule has 0 fully saturated rings. The molecule has 7 N–H and O–H groups in total. The second-order valence-corrected chi connectivity index (χ2v) is 15.8. The predicted molar refractivity (Wildman–Crippen MR) is 208 cm³/mol. The molecule has 0 aliphatic heterocycles. The van der Waals surface area contributed by atoms with Gasteiger partial charge in [-0.25, -0.2) is 4.98 Å². The summed E-state index contributed by atoms with van der Waals surface area (Å²) in [6.45, 7) is 20.7. The molecule has 4 unspecified atom stereocenters. The lowest BCUT2D eigenvalue weighted by molar-refractivity contribution is -0.141. The molecule has 2 rings (SSSR count). The molecular weight excluding hydrogens is 683 g/mol. The standard InChI is InChI=1S/C36H57N7O6S.C2H6/c1-21(2)26(37)31(46)43-28(35(4,5)6)30(38-16-18-44)42-29(36(7,8)9)33(48)41-27(22(3)23-14-12-11-13-15-23)32(47)40-24(20-25(45)49-10)34-39-17-19-50-34;1-2/h11-15,17,19,21-22,24,26-29,44H,16,18,20,37H2,1-10H3,(H,38,42)(H,40,47)(H,41,48)(H,43,46);1-2H3/t22?,24-,26?,27+,28?,29?;/m1./s1. The fraction of sp³-hybridized carbons (Fsp3) is 0.632. The summed E-state index contributed by atoms with van der Waals surface area (Å²) in [6, 6.07) is 5.05. The number of aromatic nitrogens is 1. The number of hydrogen-bond acceptors (Lipinski definition) is 10. The van der Waals surface area contributed by atoms with Gasteiger partial charge < -0.3 is 36.8 Å². The molecule has 2 aromatic rings. The summed E-state index contributed by atoms with van der Waals surface area (Å²) in [7, 11) is 1.27. The van der Waals surface area contributed by atoms with E-state index < -0.39 is 64.7 Å². The maximum Gasteiger partial charge on any atom is 0.308 e. The number of carbonyl (C=O) groups is 4. The molecule has 3 amide bonds. The molecule has 52 heavy (non-hydrogen) atoms. The van der Waals surface area contributed by atoms with Crippen LogP contribution in [0.1, 0.15) is 105 Å². The number of aliphatic hydroxyl groups excluding tert-OH is 1. The van der Waals surface area contributed by atoms with Crippen LogP contribution >= 0.6 is 11.3 Å². The van der Waals surface area contributed by atoms with Crippen molar-refractivity contribution in [2.45, 2.75) is 119 Å². The van der Waals surface area contributed by atoms with Crippen molar-refractivity contribution < 1.29 is 29.0 Å². The number of aliphatic hydroxyl groups is 1. The summed E-state index contributed by atoms with van der Waals surface area (Å²) in [5.41, 5.74) is 5.69. The molecule has 292 valence electrons. The molecule has 6 atom stereocenters. The van der Waals surface area contributed by atoms with E-state index in [1.54, 1.807) is 11.6 Å². The average molecular weight is 746 g/mol. The monoisotopic (exact) mass is 745 g/mol. The van der Waals surface area contributed by atoms with E-state index in [1.165, 1.54) is 18.4 Å². The number of amidine groups is 1. The van der Waals surface area contributed by atoms with Crippen LogP contribution in [-0.2, 0) is 23.9 Å². The van der Waals surface area contributed by atoms with Gasteiger partial charge in [0.1, 0.15) is 22.9 Å². The number of methoxy groups -OCH3 is 1. The van der Waals surface area contributed by atoms with Gasteiger partial charge in [-0.2, -0.15) is 0 Å². The first kappa shape index (κ1) is 46.1. The number of aliphatic imine (C=N–C) groups is 1. The van der Waals surface area contributed by atoms with Crippen LogP contribution in [0, 0.1) is 16.7 Å². The number of nitrogens with zero attached hydrogens (tertiary/aromatic N) is 2. The first-order chi connectivity index (χ1) is 24.3. The van der Waals surface area contributed by atoms with Crippen molar-refractivity contribution in [3.8, 4) is 0 Å². The Morgan fingerprint density at radius 1 is 0.885 bits per heavy atom. The number of thiazole rings is 1. The van der Waals surface area contributed by atoms with Gasteiger partial charge in [0.15, 0.2) is 0 Å². The van der Waals surface area contributed by atoms with E-state index in [4.69, 9.17) is 10.5 Å². The largest absolute Gasteiger partial charge is 0.469 e. The molecule has 0 bridgehead atoms. The average Bonchev–Trinajstić information content (AvgIpc) is 3.64. The van der Waals surface area contributed by atoms with Crippen LogP contribution in [0.5, 0.6) is 0 Å².